The Morgan fingerprint density at radius 1 is 0.524 bits per heavy atom. The normalized spacial score (nSPS) is 44.0. The van der Waals surface area contributed by atoms with Gasteiger partial charge in [-0.25, -0.2) is 0 Å². The summed E-state index contributed by atoms with van der Waals surface area (Å²) in [5.74, 6) is 2.69. The van der Waals surface area contributed by atoms with Crippen molar-refractivity contribution in [3.05, 3.63) is 34.9 Å². The Hall–Kier alpha value is -0.780. The molecule has 0 N–H and O–H groups in total. The van der Waals surface area contributed by atoms with Crippen molar-refractivity contribution in [2.75, 3.05) is 0 Å². The zero-order valence-electron chi connectivity index (χ0n) is 13.4. The molecule has 0 aromatic heterocycles. The third-order valence-electron chi connectivity index (χ3n) is 6.62. The predicted octanol–water partition coefficient (Wildman–Crippen LogP) is 6.35. The maximum absolute atomic E-state index is 2.66. The summed E-state index contributed by atoms with van der Waals surface area (Å²) >= 11 is 0. The van der Waals surface area contributed by atoms with Crippen LogP contribution in [-0.4, -0.2) is 0 Å². The van der Waals surface area contributed by atoms with Crippen LogP contribution in [0.2, 0.25) is 0 Å². The van der Waals surface area contributed by atoms with Crippen LogP contribution >= 0.6 is 0 Å². The van der Waals surface area contributed by atoms with Gasteiger partial charge in [0.05, 0.1) is 0 Å². The zero-order chi connectivity index (χ0) is 14.1. The minimum Gasteiger partial charge on any atom is -0.0844 e. The van der Waals surface area contributed by atoms with Crippen LogP contribution in [0.15, 0.2) is 34.9 Å². The topological polar surface area (TPSA) is 0 Å². The molecular weight excluding hydrogens is 252 g/mol. The van der Waals surface area contributed by atoms with Crippen LogP contribution in [0, 0.1) is 17.8 Å². The Balaban J connectivity index is 1.63. The summed E-state index contributed by atoms with van der Waals surface area (Å²) in [6.07, 6.45) is 24.9. The van der Waals surface area contributed by atoms with E-state index in [0.717, 1.165) is 17.8 Å². The molecule has 0 amide bonds. The molecule has 0 aromatic carbocycles. The smallest absolute Gasteiger partial charge is 0.0168 e. The molecule has 3 fully saturated rings. The van der Waals surface area contributed by atoms with Gasteiger partial charge in [0.25, 0.3) is 0 Å². The molecule has 0 heterocycles. The number of allylic oxidation sites excluding steroid dienone is 6. The van der Waals surface area contributed by atoms with Gasteiger partial charge in [-0.3, -0.25) is 0 Å². The van der Waals surface area contributed by atoms with E-state index >= 15 is 0 Å². The van der Waals surface area contributed by atoms with Crippen molar-refractivity contribution in [3.8, 4) is 0 Å². The maximum Gasteiger partial charge on any atom is -0.0168 e. The molecule has 0 aromatic rings. The summed E-state index contributed by atoms with van der Waals surface area (Å²) in [6.45, 7) is 0. The van der Waals surface area contributed by atoms with Gasteiger partial charge < -0.3 is 0 Å². The summed E-state index contributed by atoms with van der Waals surface area (Å²) in [5.41, 5.74) is 5.44. The first-order valence-electron chi connectivity index (χ1n) is 9.47. The summed E-state index contributed by atoms with van der Waals surface area (Å²) < 4.78 is 0. The van der Waals surface area contributed by atoms with Crippen molar-refractivity contribution in [1.82, 2.24) is 0 Å². The highest BCUT2D eigenvalue weighted by Gasteiger charge is 2.26. The van der Waals surface area contributed by atoms with Crippen LogP contribution in [0.4, 0.5) is 0 Å². The van der Waals surface area contributed by atoms with E-state index in [1.54, 1.807) is 0 Å². The fraction of sp³-hybridized carbons (Fsp3) is 0.714. The van der Waals surface area contributed by atoms with Crippen LogP contribution < -0.4 is 0 Å². The van der Waals surface area contributed by atoms with Gasteiger partial charge in [-0.1, -0.05) is 34.9 Å². The fourth-order valence-electron chi connectivity index (χ4n) is 5.32. The third kappa shape index (κ3) is 2.91. The first-order chi connectivity index (χ1) is 10.4. The molecule has 0 radical (unpaired) electrons. The van der Waals surface area contributed by atoms with Crippen molar-refractivity contribution in [2.45, 2.75) is 77.0 Å². The van der Waals surface area contributed by atoms with Crippen LogP contribution in [0.5, 0.6) is 0 Å². The Labute approximate surface area is 130 Å². The van der Waals surface area contributed by atoms with E-state index in [-0.39, 0.29) is 0 Å². The highest BCUT2D eigenvalue weighted by atomic mass is 14.3. The molecule has 3 saturated carbocycles. The highest BCUT2D eigenvalue weighted by Crippen LogP contribution is 2.42. The summed E-state index contributed by atoms with van der Waals surface area (Å²) in [6, 6.07) is 0. The quantitative estimate of drug-likeness (QED) is 0.454. The number of hydrogen-bond donors (Lipinski definition) is 0. The van der Waals surface area contributed by atoms with Gasteiger partial charge in [0.2, 0.25) is 0 Å². The number of fused-ring (bicyclic) bond motifs is 3. The molecule has 0 nitrogen and oxygen atoms in total. The Morgan fingerprint density at radius 2 is 0.857 bits per heavy atom. The fourth-order valence-corrected chi connectivity index (χ4v) is 5.32. The monoisotopic (exact) mass is 282 g/mol. The molecule has 0 spiro atoms. The van der Waals surface area contributed by atoms with Crippen LogP contribution in [0.25, 0.3) is 0 Å². The molecule has 114 valence electrons. The van der Waals surface area contributed by atoms with Crippen molar-refractivity contribution < 1.29 is 0 Å². The second kappa shape index (κ2) is 6.15. The lowest BCUT2D eigenvalue weighted by atomic mass is 9.88. The standard InChI is InChI=1S/C21H30/c1-4-16-10-12-18-6-2-8-20(18)14-15-21-9-3-7-19(21)13-11-17(16)5-1/h10,13-14,17-18,21H,1-9,11-12,15H2/b16-10+,19-13+,20-14+. The van der Waals surface area contributed by atoms with Crippen molar-refractivity contribution in [2.24, 2.45) is 17.8 Å². The van der Waals surface area contributed by atoms with Crippen LogP contribution in [0.3, 0.4) is 0 Å². The van der Waals surface area contributed by atoms with E-state index in [1.165, 1.54) is 77.0 Å². The first kappa shape index (κ1) is 13.9. The van der Waals surface area contributed by atoms with Crippen LogP contribution in [0.1, 0.15) is 77.0 Å². The Bertz CT molecular complexity index is 405. The maximum atomic E-state index is 2.66. The van der Waals surface area contributed by atoms with E-state index in [4.69, 9.17) is 0 Å². The van der Waals surface area contributed by atoms with Gasteiger partial charge in [0.15, 0.2) is 0 Å². The molecular formula is C21H30. The molecule has 4 aliphatic rings. The zero-order valence-corrected chi connectivity index (χ0v) is 13.4. The van der Waals surface area contributed by atoms with E-state index in [9.17, 15) is 0 Å². The minimum absolute atomic E-state index is 0.895. The Morgan fingerprint density at radius 3 is 1.19 bits per heavy atom. The lowest BCUT2D eigenvalue weighted by Gasteiger charge is -2.17. The third-order valence-corrected chi connectivity index (χ3v) is 6.62. The summed E-state index contributed by atoms with van der Waals surface area (Å²) in [4.78, 5) is 0. The molecule has 4 aliphatic carbocycles. The lowest BCUT2D eigenvalue weighted by Crippen LogP contribution is -2.03. The van der Waals surface area contributed by atoms with Gasteiger partial charge >= 0.3 is 0 Å². The van der Waals surface area contributed by atoms with Crippen LogP contribution in [-0.2, 0) is 0 Å². The molecule has 4 rings (SSSR count). The molecule has 0 bridgehead atoms. The molecule has 3 atom stereocenters. The van der Waals surface area contributed by atoms with Gasteiger partial charge in [0, 0.05) is 0 Å². The average Bonchev–Trinajstić information content (AvgIpc) is 3.20. The summed E-state index contributed by atoms with van der Waals surface area (Å²) in [5, 5.41) is 0. The van der Waals surface area contributed by atoms with Gasteiger partial charge in [-0.2, -0.15) is 0 Å². The van der Waals surface area contributed by atoms with Crippen molar-refractivity contribution in [1.29, 1.82) is 0 Å². The number of rotatable bonds is 0. The largest absolute Gasteiger partial charge is 0.0844 e. The lowest BCUT2D eigenvalue weighted by molar-refractivity contribution is 0.588. The van der Waals surface area contributed by atoms with Crippen molar-refractivity contribution >= 4 is 0 Å². The molecule has 0 heteroatoms. The summed E-state index contributed by atoms with van der Waals surface area (Å²) in [7, 11) is 0. The average molecular weight is 282 g/mol. The molecule has 0 aliphatic heterocycles. The second-order valence-electron chi connectivity index (χ2n) is 7.81. The first-order valence-corrected chi connectivity index (χ1v) is 9.47. The Kier molecular flexibility index (Phi) is 4.05. The van der Waals surface area contributed by atoms with E-state index in [0.29, 0.717) is 0 Å². The second-order valence-corrected chi connectivity index (χ2v) is 7.81. The minimum atomic E-state index is 0.895. The van der Waals surface area contributed by atoms with Crippen molar-refractivity contribution in [3.63, 3.8) is 0 Å². The molecule has 3 unspecified atom stereocenters. The SMILES string of the molecule is C1=C2\CCCC2C/C=C2\CCCC2C/C=C2\CCCC2C/1. The predicted molar refractivity (Wildman–Crippen MR) is 90.1 cm³/mol. The van der Waals surface area contributed by atoms with Gasteiger partial charge in [-0.15, -0.1) is 0 Å². The van der Waals surface area contributed by atoms with Gasteiger partial charge in [-0.05, 0) is 94.8 Å². The molecule has 21 heavy (non-hydrogen) atoms. The number of hydrogen-bond acceptors (Lipinski definition) is 0. The van der Waals surface area contributed by atoms with Gasteiger partial charge in [0.1, 0.15) is 0 Å². The highest BCUT2D eigenvalue weighted by molar-refractivity contribution is 5.22. The van der Waals surface area contributed by atoms with E-state index in [2.05, 4.69) is 18.2 Å². The van der Waals surface area contributed by atoms with E-state index in [1.807, 2.05) is 16.7 Å². The molecule has 0 saturated heterocycles. The van der Waals surface area contributed by atoms with E-state index < -0.39 is 0 Å².